The molecule has 0 bridgehead atoms. The van der Waals surface area contributed by atoms with E-state index in [1.54, 1.807) is 0 Å². The molecule has 0 aliphatic heterocycles. The summed E-state index contributed by atoms with van der Waals surface area (Å²) in [6, 6.07) is 2.20. The summed E-state index contributed by atoms with van der Waals surface area (Å²) in [4.78, 5) is 3.80. The molecule has 1 rings (SSSR count). The highest BCUT2D eigenvalue weighted by Gasteiger charge is 2.00. The molecular weight excluding hydrogens is 260 g/mol. The molecule has 2 nitrogen and oxygen atoms in total. The largest absolute Gasteiger partial charge is 0.318 e. The van der Waals surface area contributed by atoms with Crippen molar-refractivity contribution in [1.29, 1.82) is 0 Å². The molecule has 0 fully saturated rings. The highest BCUT2D eigenvalue weighted by molar-refractivity contribution is 9.10. The number of hydrogen-bond donors (Lipinski definition) is 1. The van der Waals surface area contributed by atoms with Crippen LogP contribution in [0.1, 0.15) is 4.88 Å². The minimum Gasteiger partial charge on any atom is -0.318 e. The van der Waals surface area contributed by atoms with Crippen molar-refractivity contribution in [2.75, 3.05) is 33.7 Å². The fraction of sp³-hybridized carbons (Fsp3) is 0.600. The Balaban J connectivity index is 2.20. The van der Waals surface area contributed by atoms with E-state index >= 15 is 0 Å². The summed E-state index contributed by atoms with van der Waals surface area (Å²) < 4.78 is 1.20. The SMILES string of the molecule is CNCCN(C)CCc1cc(Br)cs1. The molecule has 0 aromatic carbocycles. The van der Waals surface area contributed by atoms with Gasteiger partial charge in [-0.3, -0.25) is 0 Å². The minimum atomic E-state index is 1.06. The smallest absolute Gasteiger partial charge is 0.0285 e. The maximum absolute atomic E-state index is 3.47. The molecule has 0 aliphatic carbocycles. The van der Waals surface area contributed by atoms with E-state index in [0.29, 0.717) is 0 Å². The zero-order valence-electron chi connectivity index (χ0n) is 8.72. The van der Waals surface area contributed by atoms with Gasteiger partial charge in [0, 0.05) is 34.4 Å². The first-order valence-corrected chi connectivity index (χ1v) is 6.45. The van der Waals surface area contributed by atoms with Gasteiger partial charge < -0.3 is 10.2 Å². The van der Waals surface area contributed by atoms with Crippen LogP contribution in [-0.2, 0) is 6.42 Å². The quantitative estimate of drug-likeness (QED) is 0.857. The summed E-state index contributed by atoms with van der Waals surface area (Å²) in [6.07, 6.45) is 1.15. The van der Waals surface area contributed by atoms with Gasteiger partial charge in [0.2, 0.25) is 0 Å². The van der Waals surface area contributed by atoms with Crippen LogP contribution in [0.2, 0.25) is 0 Å². The Hall–Kier alpha value is 0.1000. The summed E-state index contributed by atoms with van der Waals surface area (Å²) in [7, 11) is 4.16. The predicted molar refractivity (Wildman–Crippen MR) is 67.1 cm³/mol. The van der Waals surface area contributed by atoms with Crippen LogP contribution in [0.15, 0.2) is 15.9 Å². The average molecular weight is 277 g/mol. The lowest BCUT2D eigenvalue weighted by molar-refractivity contribution is 0.340. The van der Waals surface area contributed by atoms with Gasteiger partial charge in [-0.25, -0.2) is 0 Å². The summed E-state index contributed by atoms with van der Waals surface area (Å²) in [5.41, 5.74) is 0. The minimum absolute atomic E-state index is 1.06. The number of halogens is 1. The number of hydrogen-bond acceptors (Lipinski definition) is 3. The third-order valence-electron chi connectivity index (χ3n) is 2.11. The van der Waals surface area contributed by atoms with Gasteiger partial charge in [-0.1, -0.05) is 0 Å². The first-order chi connectivity index (χ1) is 6.72. The molecule has 0 saturated heterocycles. The Morgan fingerprint density at radius 3 is 2.86 bits per heavy atom. The number of rotatable bonds is 6. The molecule has 0 saturated carbocycles. The van der Waals surface area contributed by atoms with Gasteiger partial charge in [0.1, 0.15) is 0 Å². The van der Waals surface area contributed by atoms with Gasteiger partial charge >= 0.3 is 0 Å². The Morgan fingerprint density at radius 1 is 1.50 bits per heavy atom. The lowest BCUT2D eigenvalue weighted by atomic mass is 10.3. The number of thiophene rings is 1. The zero-order valence-corrected chi connectivity index (χ0v) is 11.1. The van der Waals surface area contributed by atoms with Crippen LogP contribution >= 0.6 is 27.3 Å². The van der Waals surface area contributed by atoms with Crippen LogP contribution in [0.5, 0.6) is 0 Å². The van der Waals surface area contributed by atoms with Gasteiger partial charge in [0.25, 0.3) is 0 Å². The molecule has 0 atom stereocenters. The molecule has 0 spiro atoms. The van der Waals surface area contributed by atoms with E-state index in [1.807, 2.05) is 18.4 Å². The van der Waals surface area contributed by atoms with Gasteiger partial charge in [-0.2, -0.15) is 0 Å². The Morgan fingerprint density at radius 2 is 2.29 bits per heavy atom. The molecule has 80 valence electrons. The van der Waals surface area contributed by atoms with Crippen molar-refractivity contribution in [2.45, 2.75) is 6.42 Å². The Kier molecular flexibility index (Phi) is 5.70. The fourth-order valence-electron chi connectivity index (χ4n) is 1.20. The predicted octanol–water partition coefficient (Wildman–Crippen LogP) is 2.20. The lowest BCUT2D eigenvalue weighted by Gasteiger charge is -2.15. The van der Waals surface area contributed by atoms with E-state index < -0.39 is 0 Å². The Bertz CT molecular complexity index is 262. The van der Waals surface area contributed by atoms with Crippen LogP contribution in [0.3, 0.4) is 0 Å². The molecule has 0 radical (unpaired) electrons. The van der Waals surface area contributed by atoms with Crippen molar-refractivity contribution in [2.24, 2.45) is 0 Å². The molecular formula is C10H17BrN2S. The highest BCUT2D eigenvalue weighted by atomic mass is 79.9. The summed E-state index contributed by atoms with van der Waals surface area (Å²) in [5, 5.41) is 5.30. The van der Waals surface area contributed by atoms with Crippen molar-refractivity contribution in [3.8, 4) is 0 Å². The van der Waals surface area contributed by atoms with Crippen LogP contribution in [-0.4, -0.2) is 38.6 Å². The van der Waals surface area contributed by atoms with Gasteiger partial charge in [-0.05, 0) is 42.5 Å². The molecule has 4 heteroatoms. The van der Waals surface area contributed by atoms with Crippen molar-refractivity contribution < 1.29 is 0 Å². The fourth-order valence-corrected chi connectivity index (χ4v) is 2.64. The molecule has 14 heavy (non-hydrogen) atoms. The second-order valence-corrected chi connectivity index (χ2v) is 5.30. The van der Waals surface area contributed by atoms with Crippen LogP contribution < -0.4 is 5.32 Å². The molecule has 0 unspecified atom stereocenters. The van der Waals surface area contributed by atoms with E-state index in [2.05, 4.69) is 44.6 Å². The lowest BCUT2D eigenvalue weighted by Crippen LogP contribution is -2.28. The second-order valence-electron chi connectivity index (χ2n) is 3.39. The summed E-state index contributed by atoms with van der Waals surface area (Å²) >= 11 is 5.29. The molecule has 1 aromatic heterocycles. The molecule has 1 N–H and O–H groups in total. The number of nitrogens with one attached hydrogen (secondary N) is 1. The average Bonchev–Trinajstić information content (AvgIpc) is 2.58. The van der Waals surface area contributed by atoms with Crippen molar-refractivity contribution in [3.63, 3.8) is 0 Å². The zero-order chi connectivity index (χ0) is 10.4. The molecule has 0 amide bonds. The second kappa shape index (κ2) is 6.56. The first kappa shape index (κ1) is 12.2. The highest BCUT2D eigenvalue weighted by Crippen LogP contribution is 2.20. The third-order valence-corrected chi connectivity index (χ3v) is 3.86. The van der Waals surface area contributed by atoms with Crippen molar-refractivity contribution in [1.82, 2.24) is 10.2 Å². The monoisotopic (exact) mass is 276 g/mol. The van der Waals surface area contributed by atoms with Crippen LogP contribution in [0, 0.1) is 0 Å². The molecule has 1 heterocycles. The van der Waals surface area contributed by atoms with E-state index in [9.17, 15) is 0 Å². The normalized spacial score (nSPS) is 11.1. The molecule has 1 aromatic rings. The van der Waals surface area contributed by atoms with E-state index in [4.69, 9.17) is 0 Å². The summed E-state index contributed by atoms with van der Waals surface area (Å²) in [5.74, 6) is 0. The van der Waals surface area contributed by atoms with E-state index in [0.717, 1.165) is 26.1 Å². The first-order valence-electron chi connectivity index (χ1n) is 4.78. The van der Waals surface area contributed by atoms with Gasteiger partial charge in [0.15, 0.2) is 0 Å². The number of likely N-dealkylation sites (N-methyl/N-ethyl adjacent to an activating group) is 2. The standard InChI is InChI=1S/C10H17BrN2S/c1-12-4-6-13(2)5-3-10-7-9(11)8-14-10/h7-8,12H,3-6H2,1-2H3. The summed E-state index contributed by atoms with van der Waals surface area (Å²) in [6.45, 7) is 3.31. The van der Waals surface area contributed by atoms with Crippen LogP contribution in [0.4, 0.5) is 0 Å². The van der Waals surface area contributed by atoms with E-state index in [-0.39, 0.29) is 0 Å². The van der Waals surface area contributed by atoms with Gasteiger partial charge in [0.05, 0.1) is 0 Å². The van der Waals surface area contributed by atoms with E-state index in [1.165, 1.54) is 9.35 Å². The van der Waals surface area contributed by atoms with Gasteiger partial charge in [-0.15, -0.1) is 11.3 Å². The van der Waals surface area contributed by atoms with Crippen molar-refractivity contribution in [3.05, 3.63) is 20.8 Å². The number of nitrogens with zero attached hydrogens (tertiary/aromatic N) is 1. The maximum Gasteiger partial charge on any atom is 0.0285 e. The Labute approximate surface area is 98.4 Å². The molecule has 0 aliphatic rings. The third kappa shape index (κ3) is 4.55. The maximum atomic E-state index is 3.47. The van der Waals surface area contributed by atoms with Crippen LogP contribution in [0.25, 0.3) is 0 Å². The van der Waals surface area contributed by atoms with Crippen molar-refractivity contribution >= 4 is 27.3 Å². The topological polar surface area (TPSA) is 15.3 Å².